The smallest absolute Gasteiger partial charge is 0.293 e. The maximum Gasteiger partial charge on any atom is 0.293 e. The van der Waals surface area contributed by atoms with E-state index in [2.05, 4.69) is 50.6 Å². The number of piperazine rings is 1. The minimum absolute atomic E-state index is 0.0586. The first-order chi connectivity index (χ1) is 28.9. The monoisotopic (exact) mass is 854 g/mol. The van der Waals surface area contributed by atoms with Crippen LogP contribution in [0.25, 0.3) is 11.0 Å². The first kappa shape index (κ1) is 41.3. The summed E-state index contributed by atoms with van der Waals surface area (Å²) in [4.78, 5) is 39.0. The lowest BCUT2D eigenvalue weighted by atomic mass is 9.33. The van der Waals surface area contributed by atoms with E-state index in [1.807, 2.05) is 18.0 Å². The van der Waals surface area contributed by atoms with Gasteiger partial charge in [-0.3, -0.25) is 19.8 Å². The predicted octanol–water partition coefficient (Wildman–Crippen LogP) is 8.00. The van der Waals surface area contributed by atoms with Crippen LogP contribution in [0.2, 0.25) is 0 Å². The number of allylic oxidation sites excluding steroid dienone is 1. The minimum atomic E-state index is -4.64. The van der Waals surface area contributed by atoms with Gasteiger partial charge in [-0.15, -0.1) is 0 Å². The normalized spacial score (nSPS) is 25.1. The third-order valence-electron chi connectivity index (χ3n) is 13.9. The summed E-state index contributed by atoms with van der Waals surface area (Å²) in [5, 5.41) is 15.5. The van der Waals surface area contributed by atoms with Gasteiger partial charge in [0.1, 0.15) is 22.8 Å². The van der Waals surface area contributed by atoms with E-state index in [1.165, 1.54) is 50.8 Å². The first-order valence-electron chi connectivity index (χ1n) is 21.3. The molecule has 14 nitrogen and oxygen atoms in total. The molecule has 16 heteroatoms. The van der Waals surface area contributed by atoms with Crippen LogP contribution in [0.5, 0.6) is 11.5 Å². The minimum Gasteiger partial charge on any atom is -0.455 e. The SMILES string of the molecule is CN1CCC(F)(Nc2ccc(S(=O)(=O)NC(=O)c3ccc(N4CCN(CC5=C(C67CC(C)(C6)C7)CC(C)(C)CC5)CC4)cc3Oc3cnc4[nH]ccc4c3)cc2[N+](=O)[O-])CC1. The maximum absolute atomic E-state index is 15.6. The Kier molecular flexibility index (Phi) is 10.2. The van der Waals surface area contributed by atoms with Crippen molar-refractivity contribution >= 4 is 44.0 Å². The van der Waals surface area contributed by atoms with Crippen LogP contribution in [0, 0.1) is 26.4 Å². The van der Waals surface area contributed by atoms with Gasteiger partial charge >= 0.3 is 0 Å². The highest BCUT2D eigenvalue weighted by atomic mass is 32.2. The van der Waals surface area contributed by atoms with Gasteiger partial charge in [-0.25, -0.2) is 22.5 Å². The molecule has 2 bridgehead atoms. The van der Waals surface area contributed by atoms with Crippen molar-refractivity contribution < 1.29 is 27.3 Å². The number of nitrogens with zero attached hydrogens (tertiary/aromatic N) is 5. The number of carbonyl (C=O) groups excluding carboxylic acids is 1. The van der Waals surface area contributed by atoms with E-state index in [-0.39, 0.29) is 29.8 Å². The number of benzene rings is 2. The summed E-state index contributed by atoms with van der Waals surface area (Å²) in [5.74, 6) is -2.42. The van der Waals surface area contributed by atoms with E-state index in [0.29, 0.717) is 40.7 Å². The Bertz CT molecular complexity index is 2520. The van der Waals surface area contributed by atoms with Crippen LogP contribution < -0.4 is 19.7 Å². The van der Waals surface area contributed by atoms with Gasteiger partial charge in [0.2, 0.25) is 0 Å². The van der Waals surface area contributed by atoms with Gasteiger partial charge in [-0.1, -0.05) is 31.9 Å². The summed E-state index contributed by atoms with van der Waals surface area (Å²) >= 11 is 0. The Hall–Kier alpha value is -5.06. The van der Waals surface area contributed by atoms with E-state index in [0.717, 1.165) is 62.0 Å². The van der Waals surface area contributed by atoms with Crippen LogP contribution in [0.1, 0.15) is 82.5 Å². The zero-order chi connectivity index (χ0) is 43.0. The summed E-state index contributed by atoms with van der Waals surface area (Å²) in [6, 6.07) is 11.8. The quantitative estimate of drug-likeness (QED) is 0.0547. The highest BCUT2D eigenvalue weighted by molar-refractivity contribution is 7.90. The van der Waals surface area contributed by atoms with E-state index < -0.39 is 37.2 Å². The molecule has 3 N–H and O–H groups in total. The standard InChI is InChI=1S/C45H55FN8O6S/c1-42(2)11-9-31(36(24-42)44-27-43(3,28-44)29-44)26-52-17-19-53(20-18-52)32-5-7-35(39(22-32)60-33-21-30-10-14-47-40(30)48-25-33)41(55)50-61(58,59)34-6-8-37(38(23-34)54(56)57)49-45(46)12-15-51(4)16-13-45/h5-8,10,14,21-23,25,49H,9,11-13,15-20,24,26-29H2,1-4H3,(H,47,48)(H,50,55). The maximum atomic E-state index is 15.6. The topological polar surface area (TPSA) is 166 Å². The zero-order valence-corrected chi connectivity index (χ0v) is 36.2. The number of piperidine rings is 1. The number of nitro groups is 1. The van der Waals surface area contributed by atoms with Crippen LogP contribution in [-0.4, -0.2) is 97.7 Å². The van der Waals surface area contributed by atoms with Gasteiger partial charge in [0.25, 0.3) is 21.6 Å². The number of sulfonamides is 1. The van der Waals surface area contributed by atoms with Crippen molar-refractivity contribution in [2.45, 2.75) is 82.8 Å². The Balaban J connectivity index is 0.933. The molecule has 4 heterocycles. The summed E-state index contributed by atoms with van der Waals surface area (Å²) in [6.07, 6.45) is 11.1. The number of H-pyrrole nitrogens is 1. The van der Waals surface area contributed by atoms with Crippen molar-refractivity contribution in [1.29, 1.82) is 0 Å². The number of nitro benzene ring substituents is 1. The van der Waals surface area contributed by atoms with Crippen molar-refractivity contribution in [3.05, 3.63) is 87.7 Å². The number of rotatable bonds is 12. The van der Waals surface area contributed by atoms with Crippen LogP contribution in [0.4, 0.5) is 21.5 Å². The largest absolute Gasteiger partial charge is 0.455 e. The number of nitrogens with one attached hydrogen (secondary N) is 3. The molecule has 4 aliphatic carbocycles. The highest BCUT2D eigenvalue weighted by Gasteiger charge is 2.66. The molecule has 4 aromatic rings. The second-order valence-corrected chi connectivity index (χ2v) is 21.1. The number of amides is 1. The van der Waals surface area contributed by atoms with E-state index >= 15 is 4.39 Å². The second-order valence-electron chi connectivity index (χ2n) is 19.4. The fourth-order valence-corrected chi connectivity index (χ4v) is 11.7. The number of ether oxygens (including phenoxy) is 1. The summed E-state index contributed by atoms with van der Waals surface area (Å²) in [6.45, 7) is 12.5. The molecule has 10 rings (SSSR count). The van der Waals surface area contributed by atoms with Crippen molar-refractivity contribution in [3.63, 3.8) is 0 Å². The molecular weight excluding hydrogens is 800 g/mol. The zero-order valence-electron chi connectivity index (χ0n) is 35.4. The first-order valence-corrected chi connectivity index (χ1v) is 22.8. The summed E-state index contributed by atoms with van der Waals surface area (Å²) in [5.41, 5.74) is 5.41. The summed E-state index contributed by atoms with van der Waals surface area (Å²) in [7, 11) is -2.77. The van der Waals surface area contributed by atoms with Crippen molar-refractivity contribution in [1.82, 2.24) is 24.5 Å². The van der Waals surface area contributed by atoms with Gasteiger partial charge in [-0.05, 0) is 98.2 Å². The lowest BCUT2D eigenvalue weighted by molar-refractivity contribution is -0.384. The molecule has 6 aliphatic rings. The fourth-order valence-electron chi connectivity index (χ4n) is 10.7. The van der Waals surface area contributed by atoms with Crippen molar-refractivity contribution in [2.75, 3.05) is 63.1 Å². The van der Waals surface area contributed by atoms with Crippen molar-refractivity contribution in [2.24, 2.45) is 16.2 Å². The molecule has 2 aliphatic heterocycles. The van der Waals surface area contributed by atoms with Crippen LogP contribution >= 0.6 is 0 Å². The van der Waals surface area contributed by atoms with Gasteiger partial charge in [0.15, 0.2) is 5.79 Å². The van der Waals surface area contributed by atoms with Crippen LogP contribution in [0.3, 0.4) is 0 Å². The van der Waals surface area contributed by atoms with E-state index in [1.54, 1.807) is 35.5 Å². The number of fused-ring (bicyclic) bond motifs is 1. The molecular formula is C45H55FN8O6S. The molecule has 0 radical (unpaired) electrons. The Labute approximate surface area is 356 Å². The molecule has 324 valence electrons. The van der Waals surface area contributed by atoms with Gasteiger partial charge in [0.05, 0.1) is 21.6 Å². The number of carbonyl (C=O) groups is 1. The Morgan fingerprint density at radius 1 is 0.984 bits per heavy atom. The molecule has 2 aromatic heterocycles. The van der Waals surface area contributed by atoms with Crippen LogP contribution in [0.15, 0.2) is 77.0 Å². The van der Waals surface area contributed by atoms with Gasteiger partial charge in [-0.2, -0.15) is 0 Å². The lowest BCUT2D eigenvalue weighted by Crippen LogP contribution is -2.61. The number of aromatic amines is 1. The second kappa shape index (κ2) is 15.1. The number of halogens is 1. The van der Waals surface area contributed by atoms with Gasteiger partial charge < -0.3 is 24.8 Å². The number of hydrogen-bond donors (Lipinski definition) is 3. The highest BCUT2D eigenvalue weighted by Crippen LogP contribution is 2.77. The molecule has 1 amide bonds. The number of aromatic nitrogens is 2. The lowest BCUT2D eigenvalue weighted by Gasteiger charge is -2.72. The number of pyridine rings is 1. The number of anilines is 2. The van der Waals surface area contributed by atoms with E-state index in [9.17, 15) is 23.3 Å². The third-order valence-corrected chi connectivity index (χ3v) is 15.3. The number of hydrogen-bond acceptors (Lipinski definition) is 11. The molecule has 2 saturated heterocycles. The number of likely N-dealkylation sites (tertiary alicyclic amines) is 1. The Morgan fingerprint density at radius 3 is 2.43 bits per heavy atom. The molecule has 0 spiro atoms. The average molecular weight is 855 g/mol. The van der Waals surface area contributed by atoms with Gasteiger partial charge in [0, 0.05) is 88.1 Å². The van der Waals surface area contributed by atoms with Crippen LogP contribution in [-0.2, 0) is 10.0 Å². The molecule has 0 atom stereocenters. The average Bonchev–Trinajstić information content (AvgIpc) is 3.66. The number of alkyl halides is 1. The molecule has 2 aromatic carbocycles. The summed E-state index contributed by atoms with van der Waals surface area (Å²) < 4.78 is 51.4. The van der Waals surface area contributed by atoms with E-state index in [4.69, 9.17) is 4.74 Å². The van der Waals surface area contributed by atoms with Crippen molar-refractivity contribution in [3.8, 4) is 11.5 Å². The molecule has 5 fully saturated rings. The third kappa shape index (κ3) is 8.21. The molecule has 0 unspecified atom stereocenters. The fraction of sp³-hybridized carbons (Fsp3) is 0.511. The predicted molar refractivity (Wildman–Crippen MR) is 232 cm³/mol. The Morgan fingerprint density at radius 2 is 1.72 bits per heavy atom. The molecule has 3 saturated carbocycles. The molecule has 61 heavy (non-hydrogen) atoms.